The Balaban J connectivity index is 1.05. The number of hydrogen-bond acceptors (Lipinski definition) is 2. The molecule has 1 atom stereocenters. The Labute approximate surface area is 390 Å². The lowest BCUT2D eigenvalue weighted by Crippen LogP contribution is -2.29. The first-order chi connectivity index (χ1) is 33.0. The zero-order valence-electron chi connectivity index (χ0n) is 37.3. The molecular weight excluding hydrogens is 811 g/mol. The van der Waals surface area contributed by atoms with Gasteiger partial charge in [0.2, 0.25) is 0 Å². The first kappa shape index (κ1) is 37.1. The molecular formula is C65H43NO. The molecule has 1 spiro atoms. The molecule has 0 saturated heterocycles. The monoisotopic (exact) mass is 853 g/mol. The number of rotatable bonds is 3. The van der Waals surface area contributed by atoms with E-state index in [0.29, 0.717) is 0 Å². The van der Waals surface area contributed by atoms with Crippen LogP contribution in [0.3, 0.4) is 0 Å². The van der Waals surface area contributed by atoms with Gasteiger partial charge in [-0.25, -0.2) is 0 Å². The first-order valence-electron chi connectivity index (χ1n) is 23.6. The molecule has 2 heteroatoms. The van der Waals surface area contributed by atoms with Crippen LogP contribution in [0, 0.1) is 0 Å². The third-order valence-electron chi connectivity index (χ3n) is 15.9. The van der Waals surface area contributed by atoms with Crippen LogP contribution in [0.1, 0.15) is 58.4 Å². The molecule has 4 aliphatic rings. The van der Waals surface area contributed by atoms with E-state index in [4.69, 9.17) is 4.42 Å². The Hall–Kier alpha value is -8.20. The van der Waals surface area contributed by atoms with Crippen molar-refractivity contribution in [3.63, 3.8) is 0 Å². The fourth-order valence-electron chi connectivity index (χ4n) is 13.1. The highest BCUT2D eigenvalue weighted by molar-refractivity contribution is 6.14. The fraction of sp³-hybridized carbons (Fsp3) is 0.0769. The van der Waals surface area contributed by atoms with Crippen molar-refractivity contribution in [3.05, 3.63) is 257 Å². The van der Waals surface area contributed by atoms with Crippen LogP contribution < -0.4 is 4.90 Å². The fourth-order valence-corrected chi connectivity index (χ4v) is 13.1. The molecule has 0 saturated carbocycles. The van der Waals surface area contributed by atoms with E-state index in [-0.39, 0.29) is 5.41 Å². The summed E-state index contributed by atoms with van der Waals surface area (Å²) >= 11 is 0. The summed E-state index contributed by atoms with van der Waals surface area (Å²) in [6.45, 7) is 4.75. The standard InChI is InChI=1S/C65H43NO/c1-64(2)52-24-11-7-21-47(52)48-33-31-42(38-57(48)64)66(58-27-15-29-60-63(58)50-23-10-14-28-59(50)67-60)41-32-35-55-51(37-41)45-19-6-5-18-44(45)46-20-8-12-25-53(46)65(55)54-26-13-9-22-49(54)62-56(65)34-30-40-36-39-16-3-4-17-43(39)61(40)62/h3-35,37-38H,36H2,1-2H3. The lowest BCUT2D eigenvalue weighted by molar-refractivity contribution is 0.660. The molecule has 0 amide bonds. The molecule has 0 aliphatic heterocycles. The van der Waals surface area contributed by atoms with Crippen molar-refractivity contribution in [3.8, 4) is 55.6 Å². The maximum atomic E-state index is 6.61. The average molecular weight is 854 g/mol. The molecule has 0 bridgehead atoms. The summed E-state index contributed by atoms with van der Waals surface area (Å²) in [5, 5.41) is 2.21. The Bertz CT molecular complexity index is 3960. The van der Waals surface area contributed by atoms with Gasteiger partial charge in [0.1, 0.15) is 11.2 Å². The maximum absolute atomic E-state index is 6.61. The molecule has 10 aromatic carbocycles. The second-order valence-electron chi connectivity index (χ2n) is 19.5. The molecule has 11 aromatic rings. The quantitative estimate of drug-likeness (QED) is 0.176. The predicted octanol–water partition coefficient (Wildman–Crippen LogP) is 16.9. The van der Waals surface area contributed by atoms with Gasteiger partial charge in [-0.3, -0.25) is 0 Å². The lowest BCUT2D eigenvalue weighted by atomic mass is 9.65. The van der Waals surface area contributed by atoms with E-state index in [1.165, 1.54) is 100 Å². The molecule has 0 N–H and O–H groups in total. The summed E-state index contributed by atoms with van der Waals surface area (Å²) < 4.78 is 6.61. The van der Waals surface area contributed by atoms with Crippen molar-refractivity contribution in [2.24, 2.45) is 0 Å². The number of hydrogen-bond donors (Lipinski definition) is 0. The number of benzene rings is 10. The van der Waals surface area contributed by atoms with Crippen LogP contribution in [0.15, 0.2) is 217 Å². The summed E-state index contributed by atoms with van der Waals surface area (Å²) in [6, 6.07) is 80.0. The SMILES string of the molecule is CC1(C)c2ccccc2-c2ccc(N(c3ccc4c(c3)-c3ccccc3-c3ccccc3C43c4ccccc4-c4c3ccc3c4-c4ccccc4C3)c3cccc4oc5ccccc5c34)cc21. The van der Waals surface area contributed by atoms with Crippen LogP contribution in [0.25, 0.3) is 77.6 Å². The number of para-hydroxylation sites is 1. The van der Waals surface area contributed by atoms with E-state index in [1.807, 2.05) is 0 Å². The van der Waals surface area contributed by atoms with Gasteiger partial charge in [0.25, 0.3) is 0 Å². The van der Waals surface area contributed by atoms with Gasteiger partial charge in [0.15, 0.2) is 0 Å². The van der Waals surface area contributed by atoms with Gasteiger partial charge in [-0.15, -0.1) is 0 Å². The lowest BCUT2D eigenvalue weighted by Gasteiger charge is -2.36. The highest BCUT2D eigenvalue weighted by atomic mass is 16.3. The van der Waals surface area contributed by atoms with Gasteiger partial charge >= 0.3 is 0 Å². The molecule has 2 nitrogen and oxygen atoms in total. The van der Waals surface area contributed by atoms with Crippen LogP contribution in [0.5, 0.6) is 0 Å². The molecule has 4 aliphatic carbocycles. The van der Waals surface area contributed by atoms with E-state index in [9.17, 15) is 0 Å². The van der Waals surface area contributed by atoms with E-state index < -0.39 is 5.41 Å². The van der Waals surface area contributed by atoms with Crippen molar-refractivity contribution in [1.82, 2.24) is 0 Å². The second-order valence-corrected chi connectivity index (χ2v) is 19.5. The normalized spacial score (nSPS) is 16.0. The van der Waals surface area contributed by atoms with Gasteiger partial charge in [-0.1, -0.05) is 184 Å². The Morgan fingerprint density at radius 2 is 0.940 bits per heavy atom. The van der Waals surface area contributed by atoms with Gasteiger partial charge in [-0.2, -0.15) is 0 Å². The Morgan fingerprint density at radius 3 is 1.76 bits per heavy atom. The van der Waals surface area contributed by atoms with E-state index >= 15 is 0 Å². The predicted molar refractivity (Wildman–Crippen MR) is 276 cm³/mol. The summed E-state index contributed by atoms with van der Waals surface area (Å²) in [5.41, 5.74) is 28.2. The number of anilines is 3. The van der Waals surface area contributed by atoms with Crippen LogP contribution in [-0.2, 0) is 17.3 Å². The number of fused-ring (bicyclic) bond motifs is 22. The maximum Gasteiger partial charge on any atom is 0.137 e. The molecule has 15 rings (SSSR count). The largest absolute Gasteiger partial charge is 0.456 e. The molecule has 1 unspecified atom stereocenters. The van der Waals surface area contributed by atoms with Gasteiger partial charge < -0.3 is 9.32 Å². The van der Waals surface area contributed by atoms with Crippen LogP contribution >= 0.6 is 0 Å². The molecule has 1 aromatic heterocycles. The Morgan fingerprint density at radius 1 is 0.373 bits per heavy atom. The van der Waals surface area contributed by atoms with Crippen molar-refractivity contribution in [2.75, 3.05) is 4.90 Å². The Kier molecular flexibility index (Phi) is 7.31. The highest BCUT2D eigenvalue weighted by Gasteiger charge is 2.51. The van der Waals surface area contributed by atoms with E-state index in [0.717, 1.165) is 45.4 Å². The number of furan rings is 1. The minimum Gasteiger partial charge on any atom is -0.456 e. The zero-order valence-corrected chi connectivity index (χ0v) is 37.3. The zero-order chi connectivity index (χ0) is 44.2. The van der Waals surface area contributed by atoms with Crippen LogP contribution in [-0.4, -0.2) is 0 Å². The van der Waals surface area contributed by atoms with Crippen molar-refractivity contribution < 1.29 is 4.42 Å². The van der Waals surface area contributed by atoms with Crippen LogP contribution in [0.4, 0.5) is 17.1 Å². The van der Waals surface area contributed by atoms with Gasteiger partial charge in [0, 0.05) is 22.2 Å². The summed E-state index contributed by atoms with van der Waals surface area (Å²) in [4.78, 5) is 2.50. The number of nitrogens with zero attached hydrogens (tertiary/aromatic N) is 1. The minimum absolute atomic E-state index is 0.170. The molecule has 67 heavy (non-hydrogen) atoms. The van der Waals surface area contributed by atoms with Gasteiger partial charge in [-0.05, 0) is 149 Å². The third kappa shape index (κ3) is 4.74. The van der Waals surface area contributed by atoms with Crippen LogP contribution in [0.2, 0.25) is 0 Å². The smallest absolute Gasteiger partial charge is 0.137 e. The minimum atomic E-state index is -0.600. The van der Waals surface area contributed by atoms with E-state index in [2.05, 4.69) is 231 Å². The molecule has 0 radical (unpaired) electrons. The highest BCUT2D eigenvalue weighted by Crippen LogP contribution is 2.64. The third-order valence-corrected chi connectivity index (χ3v) is 15.9. The topological polar surface area (TPSA) is 16.4 Å². The first-order valence-corrected chi connectivity index (χ1v) is 23.6. The molecule has 314 valence electrons. The molecule has 0 fully saturated rings. The summed E-state index contributed by atoms with van der Waals surface area (Å²) in [5.74, 6) is 0. The summed E-state index contributed by atoms with van der Waals surface area (Å²) in [7, 11) is 0. The van der Waals surface area contributed by atoms with Crippen molar-refractivity contribution in [2.45, 2.75) is 31.1 Å². The average Bonchev–Trinajstić information content (AvgIpc) is 4.08. The summed E-state index contributed by atoms with van der Waals surface area (Å²) in [6.07, 6.45) is 0.955. The van der Waals surface area contributed by atoms with E-state index in [1.54, 1.807) is 0 Å². The van der Waals surface area contributed by atoms with Gasteiger partial charge in [0.05, 0.1) is 16.5 Å². The van der Waals surface area contributed by atoms with Crippen molar-refractivity contribution >= 4 is 39.0 Å². The second kappa shape index (κ2) is 13.2. The molecule has 1 heterocycles. The van der Waals surface area contributed by atoms with Crippen molar-refractivity contribution in [1.29, 1.82) is 0 Å².